The van der Waals surface area contributed by atoms with E-state index in [1.807, 2.05) is 0 Å². The summed E-state index contributed by atoms with van der Waals surface area (Å²) in [6.45, 7) is 3.54. The fourth-order valence-corrected chi connectivity index (χ4v) is 4.34. The highest BCUT2D eigenvalue weighted by molar-refractivity contribution is 7.92. The highest BCUT2D eigenvalue weighted by Crippen LogP contribution is 2.24. The standard InChI is InChI=1S/C24H22ClN3O4S/c1-2-16-32-22-12-8-19(9-13-22)17-26-27-24(29)18-28(21-6-4-3-5-7-21)33(30,31)23-14-10-20(25)11-15-23/h2-15,17H,1,16,18H2,(H,27,29)/b26-17-. The Balaban J connectivity index is 1.72. The summed E-state index contributed by atoms with van der Waals surface area (Å²) < 4.78 is 32.9. The van der Waals surface area contributed by atoms with Crippen LogP contribution in [0.4, 0.5) is 5.69 Å². The first-order valence-corrected chi connectivity index (χ1v) is 11.7. The Bertz CT molecular complexity index is 1210. The number of sulfonamides is 1. The lowest BCUT2D eigenvalue weighted by Crippen LogP contribution is -2.39. The summed E-state index contributed by atoms with van der Waals surface area (Å²) in [5, 5.41) is 4.34. The maximum Gasteiger partial charge on any atom is 0.264 e. The van der Waals surface area contributed by atoms with E-state index in [0.717, 1.165) is 9.87 Å². The lowest BCUT2D eigenvalue weighted by molar-refractivity contribution is -0.119. The average Bonchev–Trinajstić information content (AvgIpc) is 2.83. The molecule has 0 aliphatic carbocycles. The molecule has 0 heterocycles. The quantitative estimate of drug-likeness (QED) is 0.265. The van der Waals surface area contributed by atoms with E-state index in [9.17, 15) is 13.2 Å². The molecule has 0 saturated heterocycles. The first-order valence-electron chi connectivity index (χ1n) is 9.89. The van der Waals surface area contributed by atoms with Crippen molar-refractivity contribution in [3.8, 4) is 5.75 Å². The van der Waals surface area contributed by atoms with E-state index >= 15 is 0 Å². The molecule has 0 radical (unpaired) electrons. The van der Waals surface area contributed by atoms with Crippen molar-refractivity contribution >= 4 is 39.4 Å². The lowest BCUT2D eigenvalue weighted by Gasteiger charge is -2.23. The van der Waals surface area contributed by atoms with Crippen LogP contribution in [0.25, 0.3) is 0 Å². The van der Waals surface area contributed by atoms with Gasteiger partial charge in [-0.2, -0.15) is 5.10 Å². The number of amides is 1. The van der Waals surface area contributed by atoms with Crippen LogP contribution in [-0.2, 0) is 14.8 Å². The van der Waals surface area contributed by atoms with Crippen molar-refractivity contribution in [2.75, 3.05) is 17.5 Å². The molecule has 0 aromatic heterocycles. The molecule has 3 rings (SSSR count). The van der Waals surface area contributed by atoms with E-state index in [1.165, 1.54) is 30.5 Å². The number of hydrazone groups is 1. The van der Waals surface area contributed by atoms with Crippen molar-refractivity contribution in [2.45, 2.75) is 4.90 Å². The van der Waals surface area contributed by atoms with E-state index in [1.54, 1.807) is 60.7 Å². The van der Waals surface area contributed by atoms with Crippen molar-refractivity contribution in [3.05, 3.63) is 102 Å². The molecule has 33 heavy (non-hydrogen) atoms. The van der Waals surface area contributed by atoms with Gasteiger partial charge < -0.3 is 4.74 Å². The maximum absolute atomic E-state index is 13.2. The summed E-state index contributed by atoms with van der Waals surface area (Å²) in [6, 6.07) is 21.2. The van der Waals surface area contributed by atoms with Crippen LogP contribution in [0.3, 0.4) is 0 Å². The Labute approximate surface area is 198 Å². The van der Waals surface area contributed by atoms with Crippen LogP contribution in [0.1, 0.15) is 5.56 Å². The van der Waals surface area contributed by atoms with E-state index in [2.05, 4.69) is 17.1 Å². The molecular formula is C24H22ClN3O4S. The fraction of sp³-hybridized carbons (Fsp3) is 0.0833. The van der Waals surface area contributed by atoms with Crippen LogP contribution in [0.5, 0.6) is 5.75 Å². The molecule has 0 spiro atoms. The third-order valence-electron chi connectivity index (χ3n) is 4.38. The van der Waals surface area contributed by atoms with Gasteiger partial charge >= 0.3 is 0 Å². The van der Waals surface area contributed by atoms with Crippen LogP contribution >= 0.6 is 11.6 Å². The monoisotopic (exact) mass is 483 g/mol. The SMILES string of the molecule is C=CCOc1ccc(/C=N\NC(=O)CN(c2ccccc2)S(=O)(=O)c2ccc(Cl)cc2)cc1. The van der Waals surface area contributed by atoms with Gasteiger partial charge in [0.2, 0.25) is 0 Å². The number of para-hydroxylation sites is 1. The second-order valence-electron chi connectivity index (χ2n) is 6.76. The molecular weight excluding hydrogens is 462 g/mol. The molecule has 3 aromatic rings. The molecule has 0 fully saturated rings. The van der Waals surface area contributed by atoms with E-state index < -0.39 is 22.5 Å². The zero-order chi connectivity index (χ0) is 23.7. The molecule has 0 aliphatic rings. The molecule has 0 saturated carbocycles. The number of nitrogens with one attached hydrogen (secondary N) is 1. The van der Waals surface area contributed by atoms with Crippen molar-refractivity contribution in [1.82, 2.24) is 5.43 Å². The Hall–Kier alpha value is -3.62. The number of benzene rings is 3. The second kappa shape index (κ2) is 11.3. The van der Waals surface area contributed by atoms with Gasteiger partial charge in [0.1, 0.15) is 18.9 Å². The molecule has 3 aromatic carbocycles. The average molecular weight is 484 g/mol. The van der Waals surface area contributed by atoms with Gasteiger partial charge in [-0.05, 0) is 66.2 Å². The number of rotatable bonds is 10. The predicted octanol–water partition coefficient (Wildman–Crippen LogP) is 4.25. The number of carbonyl (C=O) groups is 1. The van der Waals surface area contributed by atoms with Crippen LogP contribution in [0, 0.1) is 0 Å². The molecule has 9 heteroatoms. The molecule has 170 valence electrons. The normalized spacial score (nSPS) is 11.2. The van der Waals surface area contributed by atoms with E-state index in [0.29, 0.717) is 23.1 Å². The van der Waals surface area contributed by atoms with Crippen LogP contribution in [0.2, 0.25) is 5.02 Å². The zero-order valence-electron chi connectivity index (χ0n) is 17.6. The van der Waals surface area contributed by atoms with Crippen LogP contribution in [0.15, 0.2) is 102 Å². The van der Waals surface area contributed by atoms with Gasteiger partial charge in [-0.3, -0.25) is 9.10 Å². The summed E-state index contributed by atoms with van der Waals surface area (Å²) in [5.74, 6) is 0.0839. The number of carbonyl (C=O) groups excluding carboxylic acids is 1. The van der Waals surface area contributed by atoms with Gasteiger partial charge in [-0.25, -0.2) is 13.8 Å². The Morgan fingerprint density at radius 1 is 1.03 bits per heavy atom. The summed E-state index contributed by atoms with van der Waals surface area (Å²) in [6.07, 6.45) is 3.10. The molecule has 0 unspecified atom stereocenters. The van der Waals surface area contributed by atoms with E-state index in [4.69, 9.17) is 16.3 Å². The highest BCUT2D eigenvalue weighted by atomic mass is 35.5. The number of nitrogens with zero attached hydrogens (tertiary/aromatic N) is 2. The third-order valence-corrected chi connectivity index (χ3v) is 6.42. The first kappa shape index (κ1) is 24.0. The van der Waals surface area contributed by atoms with Gasteiger partial charge in [-0.1, -0.05) is 42.5 Å². The Morgan fingerprint density at radius 2 is 1.70 bits per heavy atom. The molecule has 1 amide bonds. The minimum absolute atomic E-state index is 0.0193. The Morgan fingerprint density at radius 3 is 2.33 bits per heavy atom. The third kappa shape index (κ3) is 6.68. The molecule has 0 bridgehead atoms. The topological polar surface area (TPSA) is 88.1 Å². The number of anilines is 1. The van der Waals surface area contributed by atoms with Crippen molar-refractivity contribution in [2.24, 2.45) is 5.10 Å². The number of hydrogen-bond donors (Lipinski definition) is 1. The van der Waals surface area contributed by atoms with Gasteiger partial charge in [-0.15, -0.1) is 0 Å². The van der Waals surface area contributed by atoms with Crippen molar-refractivity contribution in [3.63, 3.8) is 0 Å². The van der Waals surface area contributed by atoms with Crippen LogP contribution in [-0.4, -0.2) is 33.7 Å². The minimum Gasteiger partial charge on any atom is -0.490 e. The van der Waals surface area contributed by atoms with Crippen molar-refractivity contribution in [1.29, 1.82) is 0 Å². The smallest absolute Gasteiger partial charge is 0.264 e. The minimum atomic E-state index is -4.01. The highest BCUT2D eigenvalue weighted by Gasteiger charge is 2.27. The second-order valence-corrected chi connectivity index (χ2v) is 9.06. The summed E-state index contributed by atoms with van der Waals surface area (Å²) >= 11 is 5.88. The summed E-state index contributed by atoms with van der Waals surface area (Å²) in [5.41, 5.74) is 3.45. The van der Waals surface area contributed by atoms with Gasteiger partial charge in [0, 0.05) is 5.02 Å². The zero-order valence-corrected chi connectivity index (χ0v) is 19.2. The summed E-state index contributed by atoms with van der Waals surface area (Å²) in [4.78, 5) is 12.6. The lowest BCUT2D eigenvalue weighted by atomic mass is 10.2. The number of hydrogen-bond acceptors (Lipinski definition) is 5. The number of halogens is 1. The largest absolute Gasteiger partial charge is 0.490 e. The van der Waals surface area contributed by atoms with Gasteiger partial charge in [0.15, 0.2) is 0 Å². The molecule has 0 aliphatic heterocycles. The number of ether oxygens (including phenoxy) is 1. The Kier molecular flexibility index (Phi) is 8.23. The maximum atomic E-state index is 13.2. The van der Waals surface area contributed by atoms with Gasteiger partial charge in [0.25, 0.3) is 15.9 Å². The molecule has 0 atom stereocenters. The first-order chi connectivity index (χ1) is 15.9. The predicted molar refractivity (Wildman–Crippen MR) is 130 cm³/mol. The van der Waals surface area contributed by atoms with Gasteiger partial charge in [0.05, 0.1) is 16.8 Å². The van der Waals surface area contributed by atoms with Crippen LogP contribution < -0.4 is 14.5 Å². The molecule has 1 N–H and O–H groups in total. The van der Waals surface area contributed by atoms with Crippen molar-refractivity contribution < 1.29 is 17.9 Å². The summed E-state index contributed by atoms with van der Waals surface area (Å²) in [7, 11) is -4.01. The van der Waals surface area contributed by atoms with E-state index in [-0.39, 0.29) is 4.90 Å². The molecule has 7 nitrogen and oxygen atoms in total. The fourth-order valence-electron chi connectivity index (χ4n) is 2.79.